The Kier molecular flexibility index (Phi) is 5.76. The van der Waals surface area contributed by atoms with Gasteiger partial charge in [0.1, 0.15) is 11.3 Å². The van der Waals surface area contributed by atoms with Crippen LogP contribution in [0.2, 0.25) is 0 Å². The standard InChI is InChI=1S/C9H16N2O6S/c1-5(18(2,16)17)8(13)11-6(9(14)15)3-4-7(10)12/h5-6H,3-4H2,1-2H3,(H2,10,12)(H,11,13)(H,14,15)/t5?,6-/m1/s1. The largest absolute Gasteiger partial charge is 0.480 e. The highest BCUT2D eigenvalue weighted by Crippen LogP contribution is 2.02. The molecule has 0 aliphatic carbocycles. The van der Waals surface area contributed by atoms with Gasteiger partial charge in [-0.15, -0.1) is 0 Å². The van der Waals surface area contributed by atoms with Gasteiger partial charge in [-0.25, -0.2) is 13.2 Å². The lowest BCUT2D eigenvalue weighted by Gasteiger charge is -2.16. The lowest BCUT2D eigenvalue weighted by Crippen LogP contribution is -2.47. The number of rotatable bonds is 7. The summed E-state index contributed by atoms with van der Waals surface area (Å²) in [6.07, 6.45) is 0.466. The molecule has 0 saturated heterocycles. The Morgan fingerprint density at radius 3 is 2.17 bits per heavy atom. The molecule has 2 atom stereocenters. The third-order valence-corrected chi connectivity index (χ3v) is 3.80. The van der Waals surface area contributed by atoms with E-state index < -0.39 is 38.9 Å². The Labute approximate surface area is 104 Å². The fraction of sp³-hybridized carbons (Fsp3) is 0.667. The number of amides is 2. The van der Waals surface area contributed by atoms with Gasteiger partial charge in [-0.05, 0) is 13.3 Å². The van der Waals surface area contributed by atoms with Crippen LogP contribution in [0, 0.1) is 0 Å². The molecular weight excluding hydrogens is 264 g/mol. The van der Waals surface area contributed by atoms with Crippen LogP contribution in [-0.2, 0) is 24.2 Å². The van der Waals surface area contributed by atoms with Crippen LogP contribution in [0.4, 0.5) is 0 Å². The highest BCUT2D eigenvalue weighted by molar-refractivity contribution is 7.92. The summed E-state index contributed by atoms with van der Waals surface area (Å²) in [5.41, 5.74) is 4.86. The molecule has 2 amide bonds. The third kappa shape index (κ3) is 5.62. The molecule has 0 aromatic rings. The minimum atomic E-state index is -3.60. The Morgan fingerprint density at radius 1 is 1.33 bits per heavy atom. The number of carboxylic acid groups (broad SMARTS) is 1. The maximum atomic E-state index is 11.5. The van der Waals surface area contributed by atoms with E-state index in [9.17, 15) is 22.8 Å². The Morgan fingerprint density at radius 2 is 1.83 bits per heavy atom. The molecule has 104 valence electrons. The van der Waals surface area contributed by atoms with Crippen LogP contribution in [0.3, 0.4) is 0 Å². The van der Waals surface area contributed by atoms with E-state index in [0.717, 1.165) is 13.2 Å². The van der Waals surface area contributed by atoms with E-state index in [0.29, 0.717) is 0 Å². The number of carboxylic acids is 1. The molecule has 0 fully saturated rings. The first-order valence-corrected chi connectivity index (χ1v) is 7.01. The summed E-state index contributed by atoms with van der Waals surface area (Å²) in [6, 6.07) is -1.34. The number of aliphatic carboxylic acids is 1. The van der Waals surface area contributed by atoms with Crippen molar-refractivity contribution in [3.63, 3.8) is 0 Å². The first-order valence-electron chi connectivity index (χ1n) is 5.06. The minimum absolute atomic E-state index is 0.188. The summed E-state index contributed by atoms with van der Waals surface area (Å²) in [7, 11) is -3.60. The lowest BCUT2D eigenvalue weighted by molar-refractivity contribution is -0.142. The third-order valence-electron chi connectivity index (χ3n) is 2.31. The van der Waals surface area contributed by atoms with Crippen LogP contribution >= 0.6 is 0 Å². The van der Waals surface area contributed by atoms with E-state index in [1.165, 1.54) is 0 Å². The van der Waals surface area contributed by atoms with Gasteiger partial charge in [-0.2, -0.15) is 0 Å². The van der Waals surface area contributed by atoms with Crippen LogP contribution in [0.1, 0.15) is 19.8 Å². The topological polar surface area (TPSA) is 144 Å². The molecule has 4 N–H and O–H groups in total. The molecule has 0 radical (unpaired) electrons. The lowest BCUT2D eigenvalue weighted by atomic mass is 10.1. The van der Waals surface area contributed by atoms with Crippen LogP contribution in [0.15, 0.2) is 0 Å². The molecule has 0 heterocycles. The molecule has 8 nitrogen and oxygen atoms in total. The minimum Gasteiger partial charge on any atom is -0.480 e. The van der Waals surface area contributed by atoms with E-state index in [1.807, 2.05) is 0 Å². The first-order chi connectivity index (χ1) is 8.05. The molecule has 1 unspecified atom stereocenters. The van der Waals surface area contributed by atoms with Crippen molar-refractivity contribution in [2.24, 2.45) is 5.73 Å². The van der Waals surface area contributed by atoms with Crippen molar-refractivity contribution in [1.82, 2.24) is 5.32 Å². The number of hydrogen-bond acceptors (Lipinski definition) is 5. The van der Waals surface area contributed by atoms with Crippen LogP contribution in [0.5, 0.6) is 0 Å². The van der Waals surface area contributed by atoms with E-state index in [-0.39, 0.29) is 12.8 Å². The van der Waals surface area contributed by atoms with Crippen LogP contribution in [-0.4, -0.2) is 48.9 Å². The quantitative estimate of drug-likeness (QED) is 0.504. The Balaban J connectivity index is 4.65. The second-order valence-corrected chi connectivity index (χ2v) is 6.24. The maximum absolute atomic E-state index is 11.5. The normalized spacial score (nSPS) is 14.6. The second kappa shape index (κ2) is 6.34. The number of sulfone groups is 1. The smallest absolute Gasteiger partial charge is 0.326 e. The van der Waals surface area contributed by atoms with E-state index in [4.69, 9.17) is 10.8 Å². The fourth-order valence-electron chi connectivity index (χ4n) is 1.03. The van der Waals surface area contributed by atoms with E-state index in [2.05, 4.69) is 5.32 Å². The SMILES string of the molecule is CC(C(=O)N[C@H](CCC(N)=O)C(=O)O)S(C)(=O)=O. The number of carbonyl (C=O) groups excluding carboxylic acids is 2. The predicted molar refractivity (Wildman–Crippen MR) is 62.3 cm³/mol. The first kappa shape index (κ1) is 16.4. The van der Waals surface area contributed by atoms with E-state index >= 15 is 0 Å². The van der Waals surface area contributed by atoms with Gasteiger partial charge in [-0.3, -0.25) is 9.59 Å². The van der Waals surface area contributed by atoms with Crippen LogP contribution < -0.4 is 11.1 Å². The molecule has 0 spiro atoms. The van der Waals surface area contributed by atoms with Gasteiger partial charge >= 0.3 is 5.97 Å². The Hall–Kier alpha value is -1.64. The summed E-state index contributed by atoms with van der Waals surface area (Å²) in [4.78, 5) is 32.8. The van der Waals surface area contributed by atoms with E-state index in [1.54, 1.807) is 0 Å². The summed E-state index contributed by atoms with van der Waals surface area (Å²) in [6.45, 7) is 1.15. The molecule has 0 aromatic carbocycles. The van der Waals surface area contributed by atoms with Crippen molar-refractivity contribution in [2.45, 2.75) is 31.1 Å². The monoisotopic (exact) mass is 280 g/mol. The molecule has 0 saturated carbocycles. The fourth-order valence-corrected chi connectivity index (χ4v) is 1.48. The number of nitrogens with two attached hydrogens (primary N) is 1. The molecule has 0 rings (SSSR count). The second-order valence-electron chi connectivity index (χ2n) is 3.88. The molecule has 0 aliphatic rings. The van der Waals surface area contributed by atoms with Crippen molar-refractivity contribution >= 4 is 27.6 Å². The molecule has 0 aliphatic heterocycles. The van der Waals surface area contributed by atoms with Gasteiger partial charge in [0, 0.05) is 12.7 Å². The number of primary amides is 1. The summed E-state index contributed by atoms with van der Waals surface area (Å²) >= 11 is 0. The highest BCUT2D eigenvalue weighted by atomic mass is 32.2. The number of carbonyl (C=O) groups is 3. The molecule has 18 heavy (non-hydrogen) atoms. The van der Waals surface area contributed by atoms with Crippen molar-refractivity contribution in [3.8, 4) is 0 Å². The summed E-state index contributed by atoms with van der Waals surface area (Å²) < 4.78 is 22.2. The van der Waals surface area contributed by atoms with Crippen molar-refractivity contribution in [1.29, 1.82) is 0 Å². The number of nitrogens with one attached hydrogen (secondary N) is 1. The van der Waals surface area contributed by atoms with Gasteiger partial charge < -0.3 is 16.2 Å². The Bertz CT molecular complexity index is 444. The molecule has 0 bridgehead atoms. The van der Waals surface area contributed by atoms with Crippen molar-refractivity contribution in [2.75, 3.05) is 6.26 Å². The van der Waals surface area contributed by atoms with Gasteiger partial charge in [0.05, 0.1) is 0 Å². The van der Waals surface area contributed by atoms with Crippen molar-refractivity contribution in [3.05, 3.63) is 0 Å². The molecule has 0 aromatic heterocycles. The average Bonchev–Trinajstić information content (AvgIpc) is 2.20. The zero-order valence-electron chi connectivity index (χ0n) is 10.0. The summed E-state index contributed by atoms with van der Waals surface area (Å²) in [5.74, 6) is -2.98. The van der Waals surface area contributed by atoms with Gasteiger partial charge in [-0.1, -0.05) is 0 Å². The van der Waals surface area contributed by atoms with Crippen LogP contribution in [0.25, 0.3) is 0 Å². The number of hydrogen-bond donors (Lipinski definition) is 3. The zero-order chi connectivity index (χ0) is 14.5. The molecular formula is C9H16N2O6S. The zero-order valence-corrected chi connectivity index (χ0v) is 10.9. The van der Waals surface area contributed by atoms with Crippen molar-refractivity contribution < 1.29 is 27.9 Å². The highest BCUT2D eigenvalue weighted by Gasteiger charge is 2.28. The van der Waals surface area contributed by atoms with Gasteiger partial charge in [0.15, 0.2) is 9.84 Å². The van der Waals surface area contributed by atoms with Gasteiger partial charge in [0.25, 0.3) is 0 Å². The molecule has 9 heteroatoms. The predicted octanol–water partition coefficient (Wildman–Crippen LogP) is -1.75. The maximum Gasteiger partial charge on any atom is 0.326 e. The van der Waals surface area contributed by atoms with Gasteiger partial charge in [0.2, 0.25) is 11.8 Å². The summed E-state index contributed by atoms with van der Waals surface area (Å²) in [5, 5.41) is 9.50. The average molecular weight is 280 g/mol.